The van der Waals surface area contributed by atoms with Gasteiger partial charge in [-0.3, -0.25) is 0 Å². The molecule has 0 radical (unpaired) electrons. The molecule has 1 atom stereocenters. The number of carbonyl (C=O) groups is 1. The highest BCUT2D eigenvalue weighted by Gasteiger charge is 2.26. The molecule has 2 aromatic rings. The summed E-state index contributed by atoms with van der Waals surface area (Å²) in [4.78, 5) is 16.8. The summed E-state index contributed by atoms with van der Waals surface area (Å²) in [6.07, 6.45) is 1.90. The van der Waals surface area contributed by atoms with Gasteiger partial charge in [-0.25, -0.2) is 4.79 Å². The van der Waals surface area contributed by atoms with Gasteiger partial charge in [0.15, 0.2) is 0 Å². The van der Waals surface area contributed by atoms with Gasteiger partial charge in [0, 0.05) is 25.7 Å². The van der Waals surface area contributed by atoms with Crippen LogP contribution in [0, 0.1) is 0 Å². The topological polar surface area (TPSA) is 55.8 Å². The lowest BCUT2D eigenvalue weighted by molar-refractivity contribution is 0.118. The minimum Gasteiger partial charge on any atom is -0.395 e. The number of hydrogen-bond donors (Lipinski definition) is 2. The Morgan fingerprint density at radius 1 is 1.23 bits per heavy atom. The number of fused-ring (bicyclic) bond motifs is 1. The fourth-order valence-corrected chi connectivity index (χ4v) is 3.83. The summed E-state index contributed by atoms with van der Waals surface area (Å²) in [5.74, 6) is 0. The monoisotopic (exact) mass is 355 g/mol. The quantitative estimate of drug-likeness (QED) is 0.867. The van der Waals surface area contributed by atoms with Crippen molar-refractivity contribution in [3.8, 4) is 0 Å². The Balaban J connectivity index is 1.60. The first-order valence-electron chi connectivity index (χ1n) is 9.44. The van der Waals surface area contributed by atoms with Gasteiger partial charge in [0.1, 0.15) is 0 Å². The van der Waals surface area contributed by atoms with Crippen LogP contribution in [0.1, 0.15) is 31.4 Å². The van der Waals surface area contributed by atoms with Gasteiger partial charge in [-0.05, 0) is 43.1 Å². The maximum absolute atomic E-state index is 12.7. The van der Waals surface area contributed by atoms with E-state index >= 15 is 0 Å². The van der Waals surface area contributed by atoms with E-state index < -0.39 is 0 Å². The van der Waals surface area contributed by atoms with E-state index in [1.54, 1.807) is 0 Å². The van der Waals surface area contributed by atoms with Crippen LogP contribution in [0.5, 0.6) is 0 Å². The van der Waals surface area contributed by atoms with Crippen LogP contribution in [0.2, 0.25) is 0 Å². The highest BCUT2D eigenvalue weighted by Crippen LogP contribution is 2.24. The molecule has 1 aliphatic heterocycles. The second-order valence-corrected chi connectivity index (χ2v) is 7.16. The summed E-state index contributed by atoms with van der Waals surface area (Å²) < 4.78 is 0. The molecule has 140 valence electrons. The zero-order chi connectivity index (χ0) is 18.5. The molecule has 0 aliphatic carbocycles. The SMILES string of the molecule is C[C@H](NC(=O)N1CCC(N(C)CCO)CC1)c1cccc2ccccc12. The Labute approximate surface area is 155 Å². The molecule has 2 N–H and O–H groups in total. The number of likely N-dealkylation sites (N-methyl/N-ethyl adjacent to an activating group) is 1. The third kappa shape index (κ3) is 4.17. The number of rotatable bonds is 5. The Kier molecular flexibility index (Phi) is 6.12. The Bertz CT molecular complexity index is 736. The van der Waals surface area contributed by atoms with Crippen LogP contribution in [0.3, 0.4) is 0 Å². The molecule has 0 spiro atoms. The standard InChI is InChI=1S/C21H29N3O2/c1-16(19-9-5-7-17-6-3-4-8-20(17)19)22-21(26)24-12-10-18(11-13-24)23(2)14-15-25/h3-9,16,18,25H,10-15H2,1-2H3,(H,22,26)/t16-/m0/s1. The van der Waals surface area contributed by atoms with Gasteiger partial charge in [0.2, 0.25) is 0 Å². The molecule has 26 heavy (non-hydrogen) atoms. The Hall–Kier alpha value is -2.11. The number of aliphatic hydroxyl groups excluding tert-OH is 1. The van der Waals surface area contributed by atoms with Crippen LogP contribution < -0.4 is 5.32 Å². The van der Waals surface area contributed by atoms with E-state index in [1.165, 1.54) is 10.8 Å². The third-order valence-corrected chi connectivity index (χ3v) is 5.46. The molecule has 1 aliphatic rings. The number of nitrogens with zero attached hydrogens (tertiary/aromatic N) is 2. The molecule has 2 aromatic carbocycles. The number of urea groups is 1. The van der Waals surface area contributed by atoms with Crippen molar-refractivity contribution in [3.05, 3.63) is 48.0 Å². The highest BCUT2D eigenvalue weighted by atomic mass is 16.3. The molecule has 1 fully saturated rings. The molecule has 0 saturated carbocycles. The number of carbonyl (C=O) groups excluding carboxylic acids is 1. The maximum Gasteiger partial charge on any atom is 0.317 e. The molecular formula is C21H29N3O2. The largest absolute Gasteiger partial charge is 0.395 e. The fourth-order valence-electron chi connectivity index (χ4n) is 3.83. The first kappa shape index (κ1) is 18.7. The molecule has 1 saturated heterocycles. The molecule has 0 aromatic heterocycles. The molecule has 5 nitrogen and oxygen atoms in total. The second-order valence-electron chi connectivity index (χ2n) is 7.16. The van der Waals surface area contributed by atoms with Crippen LogP contribution in [0.15, 0.2) is 42.5 Å². The average molecular weight is 355 g/mol. The Morgan fingerprint density at radius 2 is 1.92 bits per heavy atom. The van der Waals surface area contributed by atoms with Gasteiger partial charge in [0.05, 0.1) is 12.6 Å². The normalized spacial score (nSPS) is 16.8. The van der Waals surface area contributed by atoms with Crippen molar-refractivity contribution in [2.24, 2.45) is 0 Å². The van der Waals surface area contributed by atoms with E-state index in [0.717, 1.165) is 31.5 Å². The number of amides is 2. The Morgan fingerprint density at radius 3 is 2.65 bits per heavy atom. The van der Waals surface area contributed by atoms with Crippen molar-refractivity contribution < 1.29 is 9.90 Å². The van der Waals surface area contributed by atoms with Crippen LogP contribution in [0.4, 0.5) is 4.79 Å². The summed E-state index contributed by atoms with van der Waals surface area (Å²) in [6, 6.07) is 14.9. The average Bonchev–Trinajstić information content (AvgIpc) is 2.67. The maximum atomic E-state index is 12.7. The summed E-state index contributed by atoms with van der Waals surface area (Å²) in [6.45, 7) is 4.43. The molecule has 5 heteroatoms. The second kappa shape index (κ2) is 8.52. The van der Waals surface area contributed by atoms with Crippen molar-refractivity contribution in [1.29, 1.82) is 0 Å². The molecule has 0 bridgehead atoms. The van der Waals surface area contributed by atoms with E-state index in [-0.39, 0.29) is 18.7 Å². The van der Waals surface area contributed by atoms with Gasteiger partial charge in [-0.15, -0.1) is 0 Å². The number of nitrogens with one attached hydrogen (secondary N) is 1. The minimum atomic E-state index is -0.0385. The summed E-state index contributed by atoms with van der Waals surface area (Å²) in [5, 5.41) is 14.6. The number of aliphatic hydroxyl groups is 1. The van der Waals surface area contributed by atoms with Crippen LogP contribution in [0.25, 0.3) is 10.8 Å². The van der Waals surface area contributed by atoms with Crippen LogP contribution >= 0.6 is 0 Å². The minimum absolute atomic E-state index is 0.00805. The smallest absolute Gasteiger partial charge is 0.317 e. The molecular weight excluding hydrogens is 326 g/mol. The zero-order valence-corrected chi connectivity index (χ0v) is 15.7. The lowest BCUT2D eigenvalue weighted by Crippen LogP contribution is -2.49. The van der Waals surface area contributed by atoms with Crippen molar-refractivity contribution in [2.45, 2.75) is 31.8 Å². The third-order valence-electron chi connectivity index (χ3n) is 5.46. The zero-order valence-electron chi connectivity index (χ0n) is 15.7. The molecule has 3 rings (SSSR count). The fraction of sp³-hybridized carbons (Fsp3) is 0.476. The van der Waals surface area contributed by atoms with Crippen molar-refractivity contribution in [2.75, 3.05) is 33.3 Å². The molecule has 0 unspecified atom stereocenters. The molecule has 2 amide bonds. The van der Waals surface area contributed by atoms with Gasteiger partial charge in [0.25, 0.3) is 0 Å². The van der Waals surface area contributed by atoms with Crippen LogP contribution in [-0.2, 0) is 0 Å². The molecule has 1 heterocycles. The van der Waals surface area contributed by atoms with Gasteiger partial charge < -0.3 is 20.2 Å². The van der Waals surface area contributed by atoms with Gasteiger partial charge in [-0.1, -0.05) is 42.5 Å². The van der Waals surface area contributed by atoms with E-state index in [1.807, 2.05) is 37.1 Å². The lowest BCUT2D eigenvalue weighted by atomic mass is 9.99. The highest BCUT2D eigenvalue weighted by molar-refractivity contribution is 5.86. The van der Waals surface area contributed by atoms with Gasteiger partial charge >= 0.3 is 6.03 Å². The summed E-state index contributed by atoms with van der Waals surface area (Å²) >= 11 is 0. The lowest BCUT2D eigenvalue weighted by Gasteiger charge is -2.37. The van der Waals surface area contributed by atoms with E-state index in [0.29, 0.717) is 12.6 Å². The van der Waals surface area contributed by atoms with Crippen molar-refractivity contribution >= 4 is 16.8 Å². The first-order valence-corrected chi connectivity index (χ1v) is 9.44. The van der Waals surface area contributed by atoms with Crippen molar-refractivity contribution in [3.63, 3.8) is 0 Å². The number of benzene rings is 2. The predicted octanol–water partition coefficient (Wildman–Crippen LogP) is 3.00. The van der Waals surface area contributed by atoms with Gasteiger partial charge in [-0.2, -0.15) is 0 Å². The van der Waals surface area contributed by atoms with E-state index in [9.17, 15) is 4.79 Å². The number of hydrogen-bond acceptors (Lipinski definition) is 3. The van der Waals surface area contributed by atoms with Crippen molar-refractivity contribution in [1.82, 2.24) is 15.1 Å². The first-order chi connectivity index (χ1) is 12.6. The van der Waals surface area contributed by atoms with E-state index in [2.05, 4.69) is 34.5 Å². The number of piperidine rings is 1. The summed E-state index contributed by atoms with van der Waals surface area (Å²) in [5.41, 5.74) is 1.15. The number of likely N-dealkylation sites (tertiary alicyclic amines) is 1. The van der Waals surface area contributed by atoms with E-state index in [4.69, 9.17) is 5.11 Å². The summed E-state index contributed by atoms with van der Waals surface area (Å²) in [7, 11) is 2.04. The predicted molar refractivity (Wildman–Crippen MR) is 105 cm³/mol. The van der Waals surface area contributed by atoms with Crippen LogP contribution in [-0.4, -0.2) is 60.3 Å².